The summed E-state index contributed by atoms with van der Waals surface area (Å²) in [7, 11) is 0. The van der Waals surface area contributed by atoms with E-state index in [9.17, 15) is 24.5 Å². The molecule has 0 spiro atoms. The number of fused-ring (bicyclic) bond motifs is 1. The number of phenolic OH excluding ortho intramolecular Hbond substituents is 1. The Kier molecular flexibility index (Phi) is 3.72. The van der Waals surface area contributed by atoms with Crippen LogP contribution in [-0.2, 0) is 6.61 Å². The van der Waals surface area contributed by atoms with Crippen LogP contribution in [0.1, 0.15) is 15.9 Å². The first-order valence-electron chi connectivity index (χ1n) is 6.90. The first kappa shape index (κ1) is 15.0. The topological polar surface area (TPSA) is 77.8 Å². The molecule has 3 aromatic carbocycles. The van der Waals surface area contributed by atoms with E-state index >= 15 is 0 Å². The summed E-state index contributed by atoms with van der Waals surface area (Å²) >= 11 is 0. The molecule has 4 nitrogen and oxygen atoms in total. The first-order chi connectivity index (χ1) is 11.0. The number of aliphatic hydroxyl groups excluding tert-OH is 1. The van der Waals surface area contributed by atoms with E-state index in [1.54, 1.807) is 12.1 Å². The molecule has 0 aliphatic heterocycles. The molecule has 0 unspecified atom stereocenters. The second-order valence-corrected chi connectivity index (χ2v) is 5.13. The number of halogens is 1. The number of aromatic carboxylic acids is 1. The molecule has 0 amide bonds. The zero-order valence-corrected chi connectivity index (χ0v) is 12.0. The van der Waals surface area contributed by atoms with Crippen LogP contribution in [0.25, 0.3) is 21.9 Å². The van der Waals surface area contributed by atoms with Gasteiger partial charge >= 0.3 is 5.97 Å². The molecule has 0 radical (unpaired) electrons. The predicted molar refractivity (Wildman–Crippen MR) is 83.9 cm³/mol. The van der Waals surface area contributed by atoms with Crippen LogP contribution in [-0.4, -0.2) is 21.3 Å². The van der Waals surface area contributed by atoms with Gasteiger partial charge < -0.3 is 15.3 Å². The van der Waals surface area contributed by atoms with Gasteiger partial charge in [0.2, 0.25) is 0 Å². The van der Waals surface area contributed by atoms with E-state index in [4.69, 9.17) is 0 Å². The molecule has 0 aliphatic rings. The Morgan fingerprint density at radius 2 is 1.83 bits per heavy atom. The maximum Gasteiger partial charge on any atom is 0.336 e. The summed E-state index contributed by atoms with van der Waals surface area (Å²) in [4.78, 5) is 11.5. The van der Waals surface area contributed by atoms with Crippen LogP contribution in [0.4, 0.5) is 4.39 Å². The van der Waals surface area contributed by atoms with Crippen molar-refractivity contribution in [2.45, 2.75) is 6.61 Å². The van der Waals surface area contributed by atoms with Crippen molar-refractivity contribution in [3.8, 4) is 16.9 Å². The van der Waals surface area contributed by atoms with Crippen molar-refractivity contribution in [1.29, 1.82) is 0 Å². The zero-order chi connectivity index (χ0) is 16.6. The average Bonchev–Trinajstić information content (AvgIpc) is 2.53. The fraction of sp³-hybridized carbons (Fsp3) is 0.0556. The van der Waals surface area contributed by atoms with Gasteiger partial charge in [-0.25, -0.2) is 9.18 Å². The molecule has 0 heterocycles. The Labute approximate surface area is 131 Å². The van der Waals surface area contributed by atoms with Crippen molar-refractivity contribution in [3.63, 3.8) is 0 Å². The Balaban J connectivity index is 2.51. The Morgan fingerprint density at radius 3 is 2.48 bits per heavy atom. The molecule has 3 N–H and O–H groups in total. The molecule has 5 heteroatoms. The number of carbonyl (C=O) groups is 1. The monoisotopic (exact) mass is 312 g/mol. The van der Waals surface area contributed by atoms with E-state index in [1.165, 1.54) is 36.4 Å². The lowest BCUT2D eigenvalue weighted by atomic mass is 9.89. The summed E-state index contributed by atoms with van der Waals surface area (Å²) in [6.07, 6.45) is 0. The summed E-state index contributed by atoms with van der Waals surface area (Å²) in [6, 6.07) is 11.8. The molecule has 0 atom stereocenters. The molecule has 0 saturated carbocycles. The fourth-order valence-corrected chi connectivity index (χ4v) is 2.76. The summed E-state index contributed by atoms with van der Waals surface area (Å²) < 4.78 is 14.3. The maximum absolute atomic E-state index is 14.3. The predicted octanol–water partition coefficient (Wildman–Crippen LogP) is 3.54. The highest BCUT2D eigenvalue weighted by molar-refractivity contribution is 6.05. The molecule has 0 aromatic heterocycles. The summed E-state index contributed by atoms with van der Waals surface area (Å²) in [5.41, 5.74) is 0.542. The minimum Gasteiger partial charge on any atom is -0.508 e. The van der Waals surface area contributed by atoms with Crippen molar-refractivity contribution in [2.24, 2.45) is 0 Å². The van der Waals surface area contributed by atoms with E-state index in [1.807, 2.05) is 0 Å². The molecule has 116 valence electrons. The van der Waals surface area contributed by atoms with Crippen LogP contribution in [0.15, 0.2) is 48.5 Å². The molecule has 0 bridgehead atoms. The van der Waals surface area contributed by atoms with Crippen LogP contribution >= 0.6 is 0 Å². The Hall–Kier alpha value is -2.92. The van der Waals surface area contributed by atoms with Gasteiger partial charge in [-0.3, -0.25) is 0 Å². The molecule has 0 aliphatic carbocycles. The number of rotatable bonds is 3. The standard InChI is InChI=1S/C18H13FO4/c19-16-4-2-1-3-13(16)17-12-6-5-11(21)7-10(12)8-14(18(22)23)15(17)9-20/h1-8,20-21H,9H2,(H,22,23). The number of carboxylic acids is 1. The third-order valence-corrected chi connectivity index (χ3v) is 3.76. The van der Waals surface area contributed by atoms with Gasteiger partial charge in [0.05, 0.1) is 12.2 Å². The second-order valence-electron chi connectivity index (χ2n) is 5.13. The van der Waals surface area contributed by atoms with Gasteiger partial charge in [0.25, 0.3) is 0 Å². The Bertz CT molecular complexity index is 918. The highest BCUT2D eigenvalue weighted by Crippen LogP contribution is 2.37. The van der Waals surface area contributed by atoms with Gasteiger partial charge in [0, 0.05) is 11.1 Å². The van der Waals surface area contributed by atoms with E-state index < -0.39 is 18.4 Å². The van der Waals surface area contributed by atoms with Crippen molar-refractivity contribution >= 4 is 16.7 Å². The number of benzene rings is 3. The fourth-order valence-electron chi connectivity index (χ4n) is 2.76. The molecule has 3 rings (SSSR count). The van der Waals surface area contributed by atoms with Gasteiger partial charge in [0.1, 0.15) is 11.6 Å². The van der Waals surface area contributed by atoms with Crippen LogP contribution in [0.5, 0.6) is 5.75 Å². The molecule has 0 saturated heterocycles. The van der Waals surface area contributed by atoms with Crippen LogP contribution in [0.2, 0.25) is 0 Å². The third kappa shape index (κ3) is 2.51. The van der Waals surface area contributed by atoms with E-state index in [2.05, 4.69) is 0 Å². The second kappa shape index (κ2) is 5.70. The summed E-state index contributed by atoms with van der Waals surface area (Å²) in [6.45, 7) is -0.540. The number of aliphatic hydroxyl groups is 1. The van der Waals surface area contributed by atoms with Crippen molar-refractivity contribution in [1.82, 2.24) is 0 Å². The number of hydrogen-bond donors (Lipinski definition) is 3. The van der Waals surface area contributed by atoms with E-state index in [0.717, 1.165) is 0 Å². The van der Waals surface area contributed by atoms with Crippen molar-refractivity contribution in [3.05, 3.63) is 65.5 Å². The van der Waals surface area contributed by atoms with Crippen LogP contribution in [0, 0.1) is 5.82 Å². The SMILES string of the molecule is O=C(O)c1cc2cc(O)ccc2c(-c2ccccc2F)c1CO. The molecule has 23 heavy (non-hydrogen) atoms. The smallest absolute Gasteiger partial charge is 0.336 e. The Morgan fingerprint density at radius 1 is 1.09 bits per heavy atom. The lowest BCUT2D eigenvalue weighted by Gasteiger charge is -2.16. The normalized spacial score (nSPS) is 10.9. The minimum atomic E-state index is -1.23. The van der Waals surface area contributed by atoms with Crippen molar-refractivity contribution in [2.75, 3.05) is 0 Å². The number of carboxylic acid groups (broad SMARTS) is 1. The van der Waals surface area contributed by atoms with E-state index in [-0.39, 0.29) is 22.4 Å². The van der Waals surface area contributed by atoms with E-state index in [0.29, 0.717) is 16.3 Å². The zero-order valence-electron chi connectivity index (χ0n) is 12.0. The maximum atomic E-state index is 14.3. The molecule has 0 fully saturated rings. The average molecular weight is 312 g/mol. The highest BCUT2D eigenvalue weighted by Gasteiger charge is 2.20. The third-order valence-electron chi connectivity index (χ3n) is 3.76. The van der Waals surface area contributed by atoms with Gasteiger partial charge in [-0.2, -0.15) is 0 Å². The quantitative estimate of drug-likeness (QED) is 0.691. The summed E-state index contributed by atoms with van der Waals surface area (Å²) in [5.74, 6) is -1.76. The largest absolute Gasteiger partial charge is 0.508 e. The van der Waals surface area contributed by atoms with Gasteiger partial charge in [-0.1, -0.05) is 24.3 Å². The summed E-state index contributed by atoms with van der Waals surface area (Å²) in [5, 5.41) is 29.7. The van der Waals surface area contributed by atoms with Gasteiger partial charge in [-0.05, 0) is 40.6 Å². The molecular weight excluding hydrogens is 299 g/mol. The minimum absolute atomic E-state index is 0.0231. The molecule has 3 aromatic rings. The van der Waals surface area contributed by atoms with Gasteiger partial charge in [0.15, 0.2) is 0 Å². The lowest BCUT2D eigenvalue weighted by molar-refractivity contribution is 0.0693. The highest BCUT2D eigenvalue weighted by atomic mass is 19.1. The molecular formula is C18H13FO4. The number of phenols is 1. The van der Waals surface area contributed by atoms with Crippen LogP contribution < -0.4 is 0 Å². The van der Waals surface area contributed by atoms with Crippen LogP contribution in [0.3, 0.4) is 0 Å². The first-order valence-corrected chi connectivity index (χ1v) is 6.90. The lowest BCUT2D eigenvalue weighted by Crippen LogP contribution is -2.06. The van der Waals surface area contributed by atoms with Gasteiger partial charge in [-0.15, -0.1) is 0 Å². The van der Waals surface area contributed by atoms with Crippen molar-refractivity contribution < 1.29 is 24.5 Å². The number of hydrogen-bond acceptors (Lipinski definition) is 3. The number of aromatic hydroxyl groups is 1.